The van der Waals surface area contributed by atoms with Crippen molar-refractivity contribution in [3.8, 4) is 0 Å². The fraction of sp³-hybridized carbons (Fsp3) is 0.812. The number of allylic oxidation sites excluding steroid dienone is 1. The van der Waals surface area contributed by atoms with Gasteiger partial charge in [0.2, 0.25) is 0 Å². The monoisotopic (exact) mass is 250 g/mol. The number of hydrogen-bond donors (Lipinski definition) is 0. The summed E-state index contributed by atoms with van der Waals surface area (Å²) in [5, 5.41) is 0. The smallest absolute Gasteiger partial charge is 0.162 e. The minimum Gasteiger partial charge on any atom is -0.361 e. The highest BCUT2D eigenvalue weighted by molar-refractivity contribution is 6.01. The Bertz CT molecular complexity index is 356. The summed E-state index contributed by atoms with van der Waals surface area (Å²) < 4.78 is 5.97. The zero-order valence-corrected chi connectivity index (χ0v) is 12.1. The van der Waals surface area contributed by atoms with Crippen molar-refractivity contribution in [3.05, 3.63) is 11.1 Å². The van der Waals surface area contributed by atoms with Crippen LogP contribution in [0, 0.1) is 0 Å². The maximum Gasteiger partial charge on any atom is 0.162 e. The van der Waals surface area contributed by atoms with Crippen LogP contribution in [0.25, 0.3) is 0 Å². The van der Waals surface area contributed by atoms with Crippen LogP contribution in [0.2, 0.25) is 0 Å². The summed E-state index contributed by atoms with van der Waals surface area (Å²) in [6.45, 7) is 6.47. The van der Waals surface area contributed by atoms with Crippen LogP contribution in [0.4, 0.5) is 0 Å². The van der Waals surface area contributed by atoms with Crippen LogP contribution in [-0.2, 0) is 9.53 Å². The van der Waals surface area contributed by atoms with E-state index in [1.807, 2.05) is 0 Å². The number of Topliss-reactive ketones (excluding diaryl/α,β-unsaturated/α-hetero) is 1. The third-order valence-corrected chi connectivity index (χ3v) is 4.48. The van der Waals surface area contributed by atoms with Gasteiger partial charge < -0.3 is 4.74 Å². The summed E-state index contributed by atoms with van der Waals surface area (Å²) in [5.41, 5.74) is 2.23. The second kappa shape index (κ2) is 5.56. The van der Waals surface area contributed by atoms with E-state index in [-0.39, 0.29) is 5.60 Å². The van der Waals surface area contributed by atoms with Crippen LogP contribution in [0.3, 0.4) is 0 Å². The average Bonchev–Trinajstić information content (AvgIpc) is 2.95. The van der Waals surface area contributed by atoms with Gasteiger partial charge in [-0.1, -0.05) is 46.5 Å². The Morgan fingerprint density at radius 2 is 1.94 bits per heavy atom. The lowest BCUT2D eigenvalue weighted by molar-refractivity contribution is -0.115. The highest BCUT2D eigenvalue weighted by Crippen LogP contribution is 2.54. The van der Waals surface area contributed by atoms with Crippen LogP contribution in [0.5, 0.6) is 0 Å². The van der Waals surface area contributed by atoms with Crippen molar-refractivity contribution in [2.24, 2.45) is 0 Å². The first-order chi connectivity index (χ1) is 8.69. The molecule has 1 spiro atoms. The van der Waals surface area contributed by atoms with Gasteiger partial charge in [0, 0.05) is 6.42 Å². The Labute approximate surface area is 111 Å². The molecule has 2 heteroatoms. The number of epoxide rings is 1. The van der Waals surface area contributed by atoms with Crippen LogP contribution >= 0.6 is 0 Å². The molecule has 1 fully saturated rings. The molecule has 1 aliphatic carbocycles. The van der Waals surface area contributed by atoms with Gasteiger partial charge in [0.05, 0.1) is 6.10 Å². The lowest BCUT2D eigenvalue weighted by Crippen LogP contribution is -2.15. The maximum absolute atomic E-state index is 12.0. The Kier molecular flexibility index (Phi) is 4.26. The molecule has 0 amide bonds. The van der Waals surface area contributed by atoms with Gasteiger partial charge in [0.15, 0.2) is 5.78 Å². The molecule has 102 valence electrons. The van der Waals surface area contributed by atoms with Crippen molar-refractivity contribution in [1.29, 1.82) is 0 Å². The topological polar surface area (TPSA) is 29.6 Å². The van der Waals surface area contributed by atoms with E-state index in [0.29, 0.717) is 18.3 Å². The zero-order valence-electron chi connectivity index (χ0n) is 12.1. The Morgan fingerprint density at radius 1 is 1.17 bits per heavy atom. The Hall–Kier alpha value is -0.630. The van der Waals surface area contributed by atoms with Crippen molar-refractivity contribution in [3.63, 3.8) is 0 Å². The number of ketones is 1. The number of ether oxygens (including phenoxy) is 1. The summed E-state index contributed by atoms with van der Waals surface area (Å²) >= 11 is 0. The van der Waals surface area contributed by atoms with E-state index in [1.54, 1.807) is 0 Å². The summed E-state index contributed by atoms with van der Waals surface area (Å²) in [6.07, 6.45) is 9.06. The van der Waals surface area contributed by atoms with Crippen molar-refractivity contribution in [2.75, 3.05) is 0 Å². The van der Waals surface area contributed by atoms with Gasteiger partial charge >= 0.3 is 0 Å². The molecule has 0 aromatic heterocycles. The van der Waals surface area contributed by atoms with Gasteiger partial charge in [-0.05, 0) is 30.4 Å². The fourth-order valence-corrected chi connectivity index (χ4v) is 3.49. The zero-order chi connectivity index (χ0) is 13.2. The first-order valence-electron chi connectivity index (χ1n) is 7.63. The van der Waals surface area contributed by atoms with E-state index >= 15 is 0 Å². The molecule has 0 radical (unpaired) electrons. The highest BCUT2D eigenvalue weighted by atomic mass is 16.6. The third kappa shape index (κ3) is 2.27. The number of carbonyl (C=O) groups excluding carboxylic acids is 1. The van der Waals surface area contributed by atoms with Gasteiger partial charge in [0.25, 0.3) is 0 Å². The standard InChI is InChI=1S/C16H26O2/c1-4-7-8-9-10-15-16(18-15)11-14(17)12(5-2)13(16)6-3/h15H,4-11H2,1-3H3/t15-,16-/m1/s1. The average molecular weight is 250 g/mol. The predicted molar refractivity (Wildman–Crippen MR) is 73.6 cm³/mol. The van der Waals surface area contributed by atoms with E-state index in [1.165, 1.54) is 31.3 Å². The van der Waals surface area contributed by atoms with E-state index < -0.39 is 0 Å². The number of rotatable bonds is 7. The first kappa shape index (κ1) is 13.8. The van der Waals surface area contributed by atoms with E-state index in [2.05, 4.69) is 20.8 Å². The van der Waals surface area contributed by atoms with Gasteiger partial charge in [-0.15, -0.1) is 0 Å². The maximum atomic E-state index is 12.0. The summed E-state index contributed by atoms with van der Waals surface area (Å²) in [4.78, 5) is 12.0. The van der Waals surface area contributed by atoms with Gasteiger partial charge in [-0.3, -0.25) is 4.79 Å². The fourth-order valence-electron chi connectivity index (χ4n) is 3.49. The largest absolute Gasteiger partial charge is 0.361 e. The molecular formula is C16H26O2. The molecule has 1 aliphatic heterocycles. The molecular weight excluding hydrogens is 224 g/mol. The van der Waals surface area contributed by atoms with Crippen LogP contribution in [0.15, 0.2) is 11.1 Å². The second-order valence-corrected chi connectivity index (χ2v) is 5.61. The summed E-state index contributed by atoms with van der Waals surface area (Å²) in [6, 6.07) is 0. The van der Waals surface area contributed by atoms with Crippen molar-refractivity contribution in [1.82, 2.24) is 0 Å². The third-order valence-electron chi connectivity index (χ3n) is 4.48. The first-order valence-corrected chi connectivity index (χ1v) is 7.63. The van der Waals surface area contributed by atoms with Gasteiger partial charge in [0.1, 0.15) is 5.60 Å². The minimum atomic E-state index is -0.149. The van der Waals surface area contributed by atoms with Crippen molar-refractivity contribution in [2.45, 2.75) is 83.8 Å². The minimum absolute atomic E-state index is 0.149. The molecule has 2 atom stereocenters. The highest BCUT2D eigenvalue weighted by Gasteiger charge is 2.62. The lowest BCUT2D eigenvalue weighted by atomic mass is 9.91. The number of unbranched alkanes of at least 4 members (excludes halogenated alkanes) is 3. The summed E-state index contributed by atoms with van der Waals surface area (Å²) in [5.74, 6) is 0.338. The molecule has 1 saturated heterocycles. The lowest BCUT2D eigenvalue weighted by Gasteiger charge is -2.08. The Balaban J connectivity index is 1.95. The Morgan fingerprint density at radius 3 is 2.56 bits per heavy atom. The van der Waals surface area contributed by atoms with E-state index in [4.69, 9.17) is 4.74 Å². The molecule has 0 aromatic carbocycles. The quantitative estimate of drug-likeness (QED) is 0.501. The molecule has 1 heterocycles. The second-order valence-electron chi connectivity index (χ2n) is 5.61. The predicted octanol–water partition coefficient (Wildman–Crippen LogP) is 4.18. The van der Waals surface area contributed by atoms with Crippen molar-refractivity contribution < 1.29 is 9.53 Å². The molecule has 2 aliphatic rings. The van der Waals surface area contributed by atoms with Crippen LogP contribution < -0.4 is 0 Å². The molecule has 0 unspecified atom stereocenters. The molecule has 0 N–H and O–H groups in total. The van der Waals surface area contributed by atoms with Crippen LogP contribution in [0.1, 0.15) is 72.1 Å². The van der Waals surface area contributed by atoms with Gasteiger partial charge in [-0.25, -0.2) is 0 Å². The van der Waals surface area contributed by atoms with Crippen LogP contribution in [-0.4, -0.2) is 17.5 Å². The van der Waals surface area contributed by atoms with Crippen molar-refractivity contribution >= 4 is 5.78 Å². The van der Waals surface area contributed by atoms with Gasteiger partial charge in [-0.2, -0.15) is 0 Å². The molecule has 2 nitrogen and oxygen atoms in total. The molecule has 2 rings (SSSR count). The van der Waals surface area contributed by atoms with E-state index in [0.717, 1.165) is 24.8 Å². The molecule has 0 saturated carbocycles. The molecule has 0 bridgehead atoms. The summed E-state index contributed by atoms with van der Waals surface area (Å²) in [7, 11) is 0. The van der Waals surface area contributed by atoms with E-state index in [9.17, 15) is 4.79 Å². The SMILES string of the molecule is CCCCCC[C@H]1O[C@@]12CC(=O)C(CC)=C2CC. The molecule has 18 heavy (non-hydrogen) atoms. The normalized spacial score (nSPS) is 30.6. The number of hydrogen-bond acceptors (Lipinski definition) is 2. The molecule has 0 aromatic rings. The number of carbonyl (C=O) groups is 1.